The average molecular weight is 310 g/mol. The van der Waals surface area contributed by atoms with E-state index >= 15 is 0 Å². The van der Waals surface area contributed by atoms with E-state index in [2.05, 4.69) is 9.99 Å². The van der Waals surface area contributed by atoms with Gasteiger partial charge in [-0.2, -0.15) is 0 Å². The van der Waals surface area contributed by atoms with Crippen LogP contribution < -0.4 is 0 Å². The highest BCUT2D eigenvalue weighted by molar-refractivity contribution is 6.30. The van der Waals surface area contributed by atoms with Crippen molar-refractivity contribution in [2.75, 3.05) is 7.11 Å². The Morgan fingerprint density at radius 1 is 1.43 bits per heavy atom. The first-order valence-electron chi connectivity index (χ1n) is 6.59. The number of esters is 1. The van der Waals surface area contributed by atoms with Crippen molar-refractivity contribution in [3.8, 4) is 0 Å². The molecule has 0 N–H and O–H groups in total. The number of hydrogen-bond acceptors (Lipinski definition) is 5. The van der Waals surface area contributed by atoms with Gasteiger partial charge in [-0.05, 0) is 42.5 Å². The summed E-state index contributed by atoms with van der Waals surface area (Å²) in [5, 5.41) is 4.27. The summed E-state index contributed by atoms with van der Waals surface area (Å²) in [5.74, 6) is -0.972. The molecule has 2 rings (SSSR count). The highest BCUT2D eigenvalue weighted by Gasteiger charge is 2.43. The summed E-state index contributed by atoms with van der Waals surface area (Å²) in [6, 6.07) is 5.37. The van der Waals surface area contributed by atoms with E-state index in [1.165, 1.54) is 20.2 Å². The van der Waals surface area contributed by atoms with Crippen molar-refractivity contribution in [1.82, 2.24) is 0 Å². The molecule has 0 unspecified atom stereocenters. The molecule has 5 nitrogen and oxygen atoms in total. The molecule has 0 aliphatic heterocycles. The standard InChI is InChI=1S/C15H16ClNO4/c1-10(18)21-17-9-15(14(19)20-2)7-3-4-11-8-12(16)5-6-13(11)15/h5-6,8-9H,3-4,7H2,1-2H3/b17-9+/t15-/m1/s1. The van der Waals surface area contributed by atoms with Crippen LogP contribution in [0.5, 0.6) is 0 Å². The van der Waals surface area contributed by atoms with Crippen molar-refractivity contribution in [2.45, 2.75) is 31.6 Å². The molecule has 0 radical (unpaired) electrons. The lowest BCUT2D eigenvalue weighted by molar-refractivity contribution is -0.146. The van der Waals surface area contributed by atoms with Crippen molar-refractivity contribution in [3.63, 3.8) is 0 Å². The highest BCUT2D eigenvalue weighted by atomic mass is 35.5. The zero-order valence-electron chi connectivity index (χ0n) is 11.9. The number of rotatable bonds is 3. The quantitative estimate of drug-likeness (QED) is 0.372. The Kier molecular flexibility index (Phi) is 4.63. The maximum atomic E-state index is 12.3. The van der Waals surface area contributed by atoms with E-state index < -0.39 is 17.4 Å². The van der Waals surface area contributed by atoms with Crippen molar-refractivity contribution < 1.29 is 19.2 Å². The van der Waals surface area contributed by atoms with Gasteiger partial charge in [0.25, 0.3) is 0 Å². The molecule has 0 heterocycles. The fraction of sp³-hybridized carbons (Fsp3) is 0.400. The van der Waals surface area contributed by atoms with Crippen LogP contribution in [0.25, 0.3) is 0 Å². The fourth-order valence-electron chi connectivity index (χ4n) is 2.67. The van der Waals surface area contributed by atoms with Crippen molar-refractivity contribution in [1.29, 1.82) is 0 Å². The fourth-order valence-corrected chi connectivity index (χ4v) is 2.86. The third-order valence-corrected chi connectivity index (χ3v) is 3.80. The zero-order chi connectivity index (χ0) is 15.5. The van der Waals surface area contributed by atoms with Crippen LogP contribution in [-0.4, -0.2) is 25.3 Å². The Balaban J connectivity index is 2.50. The van der Waals surface area contributed by atoms with E-state index in [9.17, 15) is 9.59 Å². The van der Waals surface area contributed by atoms with Gasteiger partial charge in [-0.1, -0.05) is 22.8 Å². The van der Waals surface area contributed by atoms with Crippen LogP contribution in [0.4, 0.5) is 0 Å². The number of carbonyl (C=O) groups excluding carboxylic acids is 2. The molecule has 0 spiro atoms. The number of aryl methyl sites for hydroxylation is 1. The van der Waals surface area contributed by atoms with Gasteiger partial charge in [-0.3, -0.25) is 4.79 Å². The average Bonchev–Trinajstić information content (AvgIpc) is 2.45. The second-order valence-corrected chi connectivity index (χ2v) is 5.37. The number of halogens is 1. The van der Waals surface area contributed by atoms with Crippen LogP contribution in [0.3, 0.4) is 0 Å². The summed E-state index contributed by atoms with van der Waals surface area (Å²) in [6.45, 7) is 1.25. The lowest BCUT2D eigenvalue weighted by atomic mass is 9.70. The minimum Gasteiger partial charge on any atom is -0.468 e. The Labute approximate surface area is 127 Å². The van der Waals surface area contributed by atoms with Gasteiger partial charge in [0.05, 0.1) is 13.3 Å². The number of carbonyl (C=O) groups is 2. The molecule has 1 aliphatic carbocycles. The smallest absolute Gasteiger partial charge is 0.331 e. The first-order valence-corrected chi connectivity index (χ1v) is 6.97. The SMILES string of the molecule is COC(=O)[C@@]1(/C=N/OC(C)=O)CCCc2cc(Cl)ccc21. The number of hydrogen-bond donors (Lipinski definition) is 0. The maximum absolute atomic E-state index is 12.3. The molecule has 21 heavy (non-hydrogen) atoms. The summed E-state index contributed by atoms with van der Waals surface area (Å²) in [7, 11) is 1.33. The third-order valence-electron chi connectivity index (χ3n) is 3.57. The molecule has 1 aromatic carbocycles. The van der Waals surface area contributed by atoms with Gasteiger partial charge in [-0.25, -0.2) is 4.79 Å². The van der Waals surface area contributed by atoms with Crippen LogP contribution in [0.1, 0.15) is 30.9 Å². The Morgan fingerprint density at radius 3 is 2.86 bits per heavy atom. The van der Waals surface area contributed by atoms with E-state index in [0.717, 1.165) is 24.0 Å². The monoisotopic (exact) mass is 309 g/mol. The molecule has 0 amide bonds. The van der Waals surface area contributed by atoms with E-state index in [1.807, 2.05) is 6.07 Å². The molecule has 0 aromatic heterocycles. The normalized spacial score (nSPS) is 20.9. The summed E-state index contributed by atoms with van der Waals surface area (Å²) in [4.78, 5) is 27.8. The number of benzene rings is 1. The van der Waals surface area contributed by atoms with Gasteiger partial charge >= 0.3 is 11.9 Å². The first kappa shape index (κ1) is 15.5. The lowest BCUT2D eigenvalue weighted by Gasteiger charge is -2.33. The maximum Gasteiger partial charge on any atom is 0.331 e. The summed E-state index contributed by atoms with van der Waals surface area (Å²) < 4.78 is 4.93. The van der Waals surface area contributed by atoms with Crippen LogP contribution >= 0.6 is 11.6 Å². The zero-order valence-corrected chi connectivity index (χ0v) is 12.6. The molecular weight excluding hydrogens is 294 g/mol. The van der Waals surface area contributed by atoms with Crippen LogP contribution in [0.15, 0.2) is 23.4 Å². The number of oxime groups is 1. The summed E-state index contributed by atoms with van der Waals surface area (Å²) in [5.41, 5.74) is 0.733. The lowest BCUT2D eigenvalue weighted by Crippen LogP contribution is -2.41. The number of fused-ring (bicyclic) bond motifs is 1. The second kappa shape index (κ2) is 6.26. The molecule has 1 aliphatic rings. The second-order valence-electron chi connectivity index (χ2n) is 4.94. The van der Waals surface area contributed by atoms with Gasteiger partial charge in [0.15, 0.2) is 0 Å². The Morgan fingerprint density at radius 2 is 2.19 bits per heavy atom. The number of ether oxygens (including phenoxy) is 1. The van der Waals surface area contributed by atoms with Gasteiger partial charge in [0, 0.05) is 11.9 Å². The van der Waals surface area contributed by atoms with Crippen LogP contribution in [-0.2, 0) is 31.0 Å². The predicted octanol–water partition coefficient (Wildman–Crippen LogP) is 2.64. The van der Waals surface area contributed by atoms with Crippen LogP contribution in [0, 0.1) is 0 Å². The highest BCUT2D eigenvalue weighted by Crippen LogP contribution is 2.38. The third kappa shape index (κ3) is 3.08. The molecule has 0 saturated heterocycles. The minimum absolute atomic E-state index is 0.429. The number of nitrogens with zero attached hydrogens (tertiary/aromatic N) is 1. The number of methoxy groups -OCH3 is 1. The van der Waals surface area contributed by atoms with Crippen LogP contribution in [0.2, 0.25) is 5.02 Å². The van der Waals surface area contributed by atoms with Gasteiger partial charge in [-0.15, -0.1) is 0 Å². The van der Waals surface area contributed by atoms with Crippen molar-refractivity contribution in [3.05, 3.63) is 34.3 Å². The molecule has 112 valence electrons. The predicted molar refractivity (Wildman–Crippen MR) is 78.3 cm³/mol. The van der Waals surface area contributed by atoms with E-state index in [-0.39, 0.29) is 0 Å². The van der Waals surface area contributed by atoms with E-state index in [1.54, 1.807) is 12.1 Å². The van der Waals surface area contributed by atoms with E-state index in [0.29, 0.717) is 11.4 Å². The Hall–Kier alpha value is -1.88. The van der Waals surface area contributed by atoms with Gasteiger partial charge in [0.1, 0.15) is 5.41 Å². The topological polar surface area (TPSA) is 65.0 Å². The van der Waals surface area contributed by atoms with E-state index in [4.69, 9.17) is 16.3 Å². The first-order chi connectivity index (χ1) is 9.99. The van der Waals surface area contributed by atoms with Gasteiger partial charge < -0.3 is 9.57 Å². The minimum atomic E-state index is -1.04. The molecule has 1 atom stereocenters. The van der Waals surface area contributed by atoms with Gasteiger partial charge in [0.2, 0.25) is 0 Å². The largest absolute Gasteiger partial charge is 0.468 e. The molecule has 1 aromatic rings. The molecule has 0 bridgehead atoms. The van der Waals surface area contributed by atoms with Crippen molar-refractivity contribution in [2.24, 2.45) is 5.16 Å². The Bertz CT molecular complexity index is 599. The molecule has 6 heteroatoms. The summed E-state index contributed by atoms with van der Waals surface area (Å²) in [6.07, 6.45) is 3.51. The van der Waals surface area contributed by atoms with Crippen molar-refractivity contribution >= 4 is 29.8 Å². The summed E-state index contributed by atoms with van der Waals surface area (Å²) >= 11 is 6.01. The molecular formula is C15H16ClNO4. The molecule has 0 fully saturated rings. The molecule has 0 saturated carbocycles.